The number of fused-ring (bicyclic) bond motifs is 1. The number of ether oxygens (including phenoxy) is 1. The van der Waals surface area contributed by atoms with E-state index in [1.54, 1.807) is 12.1 Å². The van der Waals surface area contributed by atoms with Gasteiger partial charge < -0.3 is 9.16 Å². The molecule has 0 saturated heterocycles. The molecule has 2 aliphatic carbocycles. The van der Waals surface area contributed by atoms with Crippen molar-refractivity contribution in [3.63, 3.8) is 0 Å². The minimum absolute atomic E-state index is 0.240. The zero-order valence-corrected chi connectivity index (χ0v) is 20.8. The maximum Gasteiger partial charge on any atom is 0.337 e. The standard InChI is InChI=1S/C26H38O3Si/c1-25(2,3)30(6,7)29-23-9-8-18-26(4)21(16-17-22(23)26)15-12-19-10-13-20(14-11-19)24(27)28-5/h10-11,13-14,21-23H,8-9,16-18H2,1-7H3/t21-,22?,23-,26+/m0/s1. The maximum atomic E-state index is 11.6. The number of carbonyl (C=O) groups excluding carboxylic acids is 1. The van der Waals surface area contributed by atoms with Gasteiger partial charge in [-0.2, -0.15) is 0 Å². The minimum atomic E-state index is -1.77. The molecular weight excluding hydrogens is 388 g/mol. The Morgan fingerprint density at radius 1 is 1.13 bits per heavy atom. The van der Waals surface area contributed by atoms with Crippen LogP contribution in [0.2, 0.25) is 18.1 Å². The molecule has 2 aliphatic rings. The van der Waals surface area contributed by atoms with E-state index in [4.69, 9.17) is 9.16 Å². The quantitative estimate of drug-likeness (QED) is 0.317. The molecule has 0 amide bonds. The van der Waals surface area contributed by atoms with Crippen molar-refractivity contribution in [1.82, 2.24) is 0 Å². The molecule has 0 aromatic heterocycles. The number of benzene rings is 1. The Labute approximate surface area is 184 Å². The van der Waals surface area contributed by atoms with E-state index in [1.807, 2.05) is 12.1 Å². The first kappa shape index (κ1) is 23.1. The van der Waals surface area contributed by atoms with Crippen LogP contribution in [-0.2, 0) is 9.16 Å². The fourth-order valence-corrected chi connectivity index (χ4v) is 6.42. The smallest absolute Gasteiger partial charge is 0.337 e. The van der Waals surface area contributed by atoms with Crippen LogP contribution in [0.4, 0.5) is 0 Å². The lowest BCUT2D eigenvalue weighted by Gasteiger charge is -2.48. The van der Waals surface area contributed by atoms with E-state index < -0.39 is 8.32 Å². The third-order valence-electron chi connectivity index (χ3n) is 8.01. The molecule has 1 unspecified atom stereocenters. The van der Waals surface area contributed by atoms with Gasteiger partial charge >= 0.3 is 5.97 Å². The molecule has 0 radical (unpaired) electrons. The molecule has 3 rings (SSSR count). The Balaban J connectivity index is 1.75. The van der Waals surface area contributed by atoms with Crippen molar-refractivity contribution in [3.05, 3.63) is 35.4 Å². The summed E-state index contributed by atoms with van der Waals surface area (Å²) in [5.74, 6) is 7.70. The van der Waals surface area contributed by atoms with Crippen molar-refractivity contribution in [3.8, 4) is 11.8 Å². The van der Waals surface area contributed by atoms with E-state index in [0.717, 1.165) is 12.0 Å². The van der Waals surface area contributed by atoms with Crippen molar-refractivity contribution >= 4 is 14.3 Å². The molecule has 0 spiro atoms. The third kappa shape index (κ3) is 4.53. The van der Waals surface area contributed by atoms with Gasteiger partial charge in [-0.15, -0.1) is 0 Å². The summed E-state index contributed by atoms with van der Waals surface area (Å²) in [6.07, 6.45) is 6.44. The molecular formula is C26H38O3Si. The summed E-state index contributed by atoms with van der Waals surface area (Å²) < 4.78 is 11.7. The van der Waals surface area contributed by atoms with Gasteiger partial charge in [-0.05, 0) is 79.4 Å². The van der Waals surface area contributed by atoms with Crippen LogP contribution in [-0.4, -0.2) is 27.5 Å². The number of esters is 1. The second-order valence-electron chi connectivity index (χ2n) is 10.9. The lowest BCUT2D eigenvalue weighted by molar-refractivity contribution is -0.000303. The van der Waals surface area contributed by atoms with Crippen molar-refractivity contribution in [2.24, 2.45) is 17.3 Å². The average molecular weight is 427 g/mol. The first-order valence-corrected chi connectivity index (χ1v) is 14.3. The Hall–Kier alpha value is -1.57. The fraction of sp³-hybridized carbons (Fsp3) is 0.654. The van der Waals surface area contributed by atoms with Crippen LogP contribution < -0.4 is 0 Å². The number of rotatable bonds is 3. The van der Waals surface area contributed by atoms with Crippen molar-refractivity contribution in [2.75, 3.05) is 7.11 Å². The highest BCUT2D eigenvalue weighted by Crippen LogP contribution is 2.57. The Bertz CT molecular complexity index is 825. The van der Waals surface area contributed by atoms with Gasteiger partial charge in [0, 0.05) is 17.6 Å². The summed E-state index contributed by atoms with van der Waals surface area (Å²) in [5, 5.41) is 0.245. The molecule has 0 heterocycles. The number of hydrogen-bond acceptors (Lipinski definition) is 3. The second-order valence-corrected chi connectivity index (χ2v) is 15.6. The number of methoxy groups -OCH3 is 1. The van der Waals surface area contributed by atoms with Crippen LogP contribution >= 0.6 is 0 Å². The van der Waals surface area contributed by atoms with E-state index in [1.165, 1.54) is 32.8 Å². The molecule has 0 aliphatic heterocycles. The Morgan fingerprint density at radius 3 is 2.40 bits per heavy atom. The zero-order valence-electron chi connectivity index (χ0n) is 19.8. The Morgan fingerprint density at radius 2 is 1.80 bits per heavy atom. The Kier molecular flexibility index (Phi) is 6.56. The molecule has 164 valence electrons. The van der Waals surface area contributed by atoms with Crippen molar-refractivity contribution < 1.29 is 14.0 Å². The van der Waals surface area contributed by atoms with Gasteiger partial charge in [-0.1, -0.05) is 46.0 Å². The van der Waals surface area contributed by atoms with Crippen LogP contribution in [0.5, 0.6) is 0 Å². The van der Waals surface area contributed by atoms with E-state index in [-0.39, 0.29) is 16.4 Å². The number of carbonyl (C=O) groups is 1. The molecule has 1 aromatic rings. The van der Waals surface area contributed by atoms with E-state index in [2.05, 4.69) is 52.6 Å². The maximum absolute atomic E-state index is 11.6. The predicted molar refractivity (Wildman–Crippen MR) is 125 cm³/mol. The van der Waals surface area contributed by atoms with Gasteiger partial charge in [-0.3, -0.25) is 0 Å². The van der Waals surface area contributed by atoms with Gasteiger partial charge in [0.05, 0.1) is 12.7 Å². The van der Waals surface area contributed by atoms with E-state index in [0.29, 0.717) is 23.5 Å². The first-order chi connectivity index (χ1) is 14.0. The molecule has 0 N–H and O–H groups in total. The van der Waals surface area contributed by atoms with Crippen LogP contribution in [0.15, 0.2) is 24.3 Å². The molecule has 1 aromatic carbocycles. The highest BCUT2D eigenvalue weighted by Gasteiger charge is 2.53. The third-order valence-corrected chi connectivity index (χ3v) is 12.5. The van der Waals surface area contributed by atoms with Gasteiger partial charge in [-0.25, -0.2) is 4.79 Å². The second kappa shape index (κ2) is 8.52. The van der Waals surface area contributed by atoms with E-state index >= 15 is 0 Å². The zero-order chi connectivity index (χ0) is 22.2. The first-order valence-electron chi connectivity index (χ1n) is 11.4. The SMILES string of the molecule is COC(=O)c1ccc(C#C[C@H]2CCC3[C@@H](O[Si](C)(C)C(C)(C)C)CCC[C@@]32C)cc1. The highest BCUT2D eigenvalue weighted by molar-refractivity contribution is 6.74. The van der Waals surface area contributed by atoms with Gasteiger partial charge in [0.2, 0.25) is 0 Å². The molecule has 4 atom stereocenters. The summed E-state index contributed by atoms with van der Waals surface area (Å²) in [6, 6.07) is 7.41. The monoisotopic (exact) mass is 426 g/mol. The highest BCUT2D eigenvalue weighted by atomic mass is 28.4. The van der Waals surface area contributed by atoms with Gasteiger partial charge in [0.25, 0.3) is 0 Å². The van der Waals surface area contributed by atoms with Crippen LogP contribution in [0.3, 0.4) is 0 Å². The summed E-state index contributed by atoms with van der Waals surface area (Å²) in [5.41, 5.74) is 1.76. The van der Waals surface area contributed by atoms with Crippen LogP contribution in [0, 0.1) is 29.1 Å². The summed E-state index contributed by atoms with van der Waals surface area (Å²) in [7, 11) is -0.368. The molecule has 2 saturated carbocycles. The van der Waals surface area contributed by atoms with Crippen LogP contribution in [0.1, 0.15) is 75.7 Å². The molecule has 2 fully saturated rings. The molecule has 3 nitrogen and oxygen atoms in total. The molecule has 0 bridgehead atoms. The predicted octanol–water partition coefficient (Wildman–Crippen LogP) is 6.43. The van der Waals surface area contributed by atoms with Crippen LogP contribution in [0.25, 0.3) is 0 Å². The molecule has 4 heteroatoms. The minimum Gasteiger partial charge on any atom is -0.465 e. The van der Waals surface area contributed by atoms with Gasteiger partial charge in [0.15, 0.2) is 8.32 Å². The lowest BCUT2D eigenvalue weighted by atomic mass is 9.64. The average Bonchev–Trinajstić information content (AvgIpc) is 3.02. The topological polar surface area (TPSA) is 35.5 Å². The normalized spacial score (nSPS) is 29.0. The number of hydrogen-bond donors (Lipinski definition) is 0. The summed E-state index contributed by atoms with van der Waals surface area (Å²) >= 11 is 0. The van der Waals surface area contributed by atoms with E-state index in [9.17, 15) is 4.79 Å². The summed E-state index contributed by atoms with van der Waals surface area (Å²) in [6.45, 7) is 14.2. The fourth-order valence-electron chi connectivity index (χ4n) is 5.03. The summed E-state index contributed by atoms with van der Waals surface area (Å²) in [4.78, 5) is 11.6. The largest absolute Gasteiger partial charge is 0.465 e. The lowest BCUT2D eigenvalue weighted by Crippen LogP contribution is -2.49. The van der Waals surface area contributed by atoms with Gasteiger partial charge in [0.1, 0.15) is 0 Å². The molecule has 30 heavy (non-hydrogen) atoms. The van der Waals surface area contributed by atoms with Crippen molar-refractivity contribution in [1.29, 1.82) is 0 Å². The van der Waals surface area contributed by atoms with Crippen molar-refractivity contribution in [2.45, 2.75) is 84.0 Å².